The van der Waals surface area contributed by atoms with Gasteiger partial charge in [0, 0.05) is 23.9 Å². The molecular weight excluding hydrogens is 354 g/mol. The van der Waals surface area contributed by atoms with Crippen LogP contribution in [0.3, 0.4) is 0 Å². The third-order valence-corrected chi connectivity index (χ3v) is 4.44. The zero-order chi connectivity index (χ0) is 20.5. The van der Waals surface area contributed by atoms with Gasteiger partial charge in [0.1, 0.15) is 5.69 Å². The molecule has 150 valence electrons. The molecule has 2 aromatic carbocycles. The summed E-state index contributed by atoms with van der Waals surface area (Å²) in [4.78, 5) is 23.4. The van der Waals surface area contributed by atoms with Gasteiger partial charge in [0.25, 0.3) is 11.6 Å². The first kappa shape index (κ1) is 21.4. The minimum absolute atomic E-state index is 0.0512. The lowest BCUT2D eigenvalue weighted by atomic mass is 10.1. The smallest absolute Gasteiger partial charge is 0.294 e. The summed E-state index contributed by atoms with van der Waals surface area (Å²) in [7, 11) is 0. The molecule has 0 bridgehead atoms. The molecule has 0 spiro atoms. The fourth-order valence-electron chi connectivity index (χ4n) is 2.83. The summed E-state index contributed by atoms with van der Waals surface area (Å²) >= 11 is 0. The number of rotatable bonds is 10. The van der Waals surface area contributed by atoms with Crippen molar-refractivity contribution in [2.24, 2.45) is 5.92 Å². The highest BCUT2D eigenvalue weighted by Gasteiger charge is 2.16. The van der Waals surface area contributed by atoms with E-state index in [0.717, 1.165) is 12.8 Å². The average molecular weight is 383 g/mol. The van der Waals surface area contributed by atoms with E-state index in [-0.39, 0.29) is 11.6 Å². The monoisotopic (exact) mass is 383 g/mol. The molecule has 0 aliphatic rings. The van der Waals surface area contributed by atoms with Gasteiger partial charge in [0.15, 0.2) is 0 Å². The highest BCUT2D eigenvalue weighted by Crippen LogP contribution is 2.28. The molecule has 0 saturated carbocycles. The first-order valence-corrected chi connectivity index (χ1v) is 9.83. The Morgan fingerprint density at radius 1 is 1.11 bits per heavy atom. The highest BCUT2D eigenvalue weighted by molar-refractivity contribution is 6.04. The largest absolute Gasteiger partial charge is 0.379 e. The van der Waals surface area contributed by atoms with E-state index in [0.29, 0.717) is 29.4 Å². The van der Waals surface area contributed by atoms with Gasteiger partial charge in [-0.25, -0.2) is 0 Å². The van der Waals surface area contributed by atoms with Crippen LogP contribution in [-0.2, 0) is 6.42 Å². The predicted octanol–water partition coefficient (Wildman–Crippen LogP) is 5.65. The molecule has 0 aliphatic heterocycles. The van der Waals surface area contributed by atoms with Crippen LogP contribution in [0.5, 0.6) is 0 Å². The quantitative estimate of drug-likeness (QED) is 0.315. The topological polar surface area (TPSA) is 84.3 Å². The van der Waals surface area contributed by atoms with E-state index in [9.17, 15) is 14.9 Å². The first-order chi connectivity index (χ1) is 13.4. The maximum Gasteiger partial charge on any atom is 0.294 e. The summed E-state index contributed by atoms with van der Waals surface area (Å²) in [5.41, 5.74) is 2.54. The number of nitrogens with one attached hydrogen (secondary N) is 2. The van der Waals surface area contributed by atoms with Gasteiger partial charge in [0.05, 0.1) is 4.92 Å². The molecule has 6 heteroatoms. The second kappa shape index (κ2) is 10.4. The number of aryl methyl sites for hydroxylation is 1. The van der Waals surface area contributed by atoms with Crippen molar-refractivity contribution in [1.82, 2.24) is 0 Å². The molecule has 2 aromatic rings. The van der Waals surface area contributed by atoms with E-state index in [1.807, 2.05) is 26.0 Å². The average Bonchev–Trinajstić information content (AvgIpc) is 2.67. The molecule has 0 unspecified atom stereocenters. The number of carbonyl (C=O) groups is 1. The van der Waals surface area contributed by atoms with Crippen molar-refractivity contribution < 1.29 is 9.72 Å². The van der Waals surface area contributed by atoms with Crippen LogP contribution < -0.4 is 10.6 Å². The number of nitro groups is 1. The standard InChI is InChI=1S/C22H29N3O3/c1-4-5-6-7-17-8-10-18(11-9-17)22(26)24-19-12-13-20(23-15-16(2)3)21(14-19)25(27)28/h8-14,16,23H,4-7,15H2,1-3H3,(H,24,26). The van der Waals surface area contributed by atoms with Crippen LogP contribution in [0, 0.1) is 16.0 Å². The van der Waals surface area contributed by atoms with Crippen molar-refractivity contribution in [2.45, 2.75) is 46.5 Å². The van der Waals surface area contributed by atoms with E-state index in [2.05, 4.69) is 17.6 Å². The second-order valence-corrected chi connectivity index (χ2v) is 7.37. The zero-order valence-corrected chi connectivity index (χ0v) is 16.8. The van der Waals surface area contributed by atoms with Gasteiger partial charge in [-0.2, -0.15) is 0 Å². The van der Waals surface area contributed by atoms with Crippen LogP contribution in [0.15, 0.2) is 42.5 Å². The second-order valence-electron chi connectivity index (χ2n) is 7.37. The lowest BCUT2D eigenvalue weighted by Gasteiger charge is -2.11. The Bertz CT molecular complexity index is 801. The third-order valence-electron chi connectivity index (χ3n) is 4.44. The van der Waals surface area contributed by atoms with Gasteiger partial charge in [0.2, 0.25) is 0 Å². The number of anilines is 2. The first-order valence-electron chi connectivity index (χ1n) is 9.83. The number of carbonyl (C=O) groups excluding carboxylic acids is 1. The number of nitrogens with zero attached hydrogens (tertiary/aromatic N) is 1. The maximum atomic E-state index is 12.5. The van der Waals surface area contributed by atoms with E-state index in [1.165, 1.54) is 24.5 Å². The number of hydrogen-bond acceptors (Lipinski definition) is 4. The molecule has 28 heavy (non-hydrogen) atoms. The Labute approximate surface area is 166 Å². The highest BCUT2D eigenvalue weighted by atomic mass is 16.6. The molecule has 0 atom stereocenters. The summed E-state index contributed by atoms with van der Waals surface area (Å²) in [6.45, 7) is 6.87. The number of hydrogen-bond donors (Lipinski definition) is 2. The maximum absolute atomic E-state index is 12.5. The van der Waals surface area contributed by atoms with Gasteiger partial charge in [-0.3, -0.25) is 14.9 Å². The Balaban J connectivity index is 2.06. The Morgan fingerprint density at radius 2 is 1.82 bits per heavy atom. The summed E-state index contributed by atoms with van der Waals surface area (Å²) in [5.74, 6) is 0.0845. The number of amides is 1. The van der Waals surface area contributed by atoms with Gasteiger partial charge < -0.3 is 10.6 Å². The SMILES string of the molecule is CCCCCc1ccc(C(=O)Nc2ccc(NCC(C)C)c([N+](=O)[O-])c2)cc1. The summed E-state index contributed by atoms with van der Waals surface area (Å²) in [6.07, 6.45) is 4.52. The molecule has 2 rings (SSSR count). The summed E-state index contributed by atoms with van der Waals surface area (Å²) < 4.78 is 0. The van der Waals surface area contributed by atoms with Crippen LogP contribution in [0.25, 0.3) is 0 Å². The van der Waals surface area contributed by atoms with Crippen molar-refractivity contribution in [3.8, 4) is 0 Å². The zero-order valence-electron chi connectivity index (χ0n) is 16.8. The Hall–Kier alpha value is -2.89. The van der Waals surface area contributed by atoms with Crippen molar-refractivity contribution in [3.63, 3.8) is 0 Å². The predicted molar refractivity (Wildman–Crippen MR) is 114 cm³/mol. The summed E-state index contributed by atoms with van der Waals surface area (Å²) in [5, 5.41) is 17.2. The van der Waals surface area contributed by atoms with Gasteiger partial charge in [-0.15, -0.1) is 0 Å². The number of nitro benzene ring substituents is 1. The van der Waals surface area contributed by atoms with Crippen LogP contribution in [0.1, 0.15) is 56.0 Å². The Kier molecular flexibility index (Phi) is 7.99. The van der Waals surface area contributed by atoms with E-state index in [4.69, 9.17) is 0 Å². The molecule has 0 aromatic heterocycles. The van der Waals surface area contributed by atoms with Crippen molar-refractivity contribution >= 4 is 23.0 Å². The lowest BCUT2D eigenvalue weighted by Crippen LogP contribution is -2.13. The van der Waals surface area contributed by atoms with Crippen molar-refractivity contribution in [2.75, 3.05) is 17.2 Å². The van der Waals surface area contributed by atoms with Crippen LogP contribution in [0.4, 0.5) is 17.1 Å². The fourth-order valence-corrected chi connectivity index (χ4v) is 2.83. The van der Waals surface area contributed by atoms with Gasteiger partial charge in [-0.05, 0) is 48.6 Å². The molecule has 0 radical (unpaired) electrons. The van der Waals surface area contributed by atoms with Crippen molar-refractivity contribution in [3.05, 3.63) is 63.7 Å². The molecular formula is C22H29N3O3. The molecule has 6 nitrogen and oxygen atoms in total. The molecule has 0 saturated heterocycles. The van der Waals surface area contributed by atoms with E-state index in [1.54, 1.807) is 24.3 Å². The van der Waals surface area contributed by atoms with Crippen LogP contribution in [-0.4, -0.2) is 17.4 Å². The summed E-state index contributed by atoms with van der Waals surface area (Å²) in [6, 6.07) is 12.2. The molecule has 0 aliphatic carbocycles. The lowest BCUT2D eigenvalue weighted by molar-refractivity contribution is -0.383. The number of benzene rings is 2. The van der Waals surface area contributed by atoms with Gasteiger partial charge >= 0.3 is 0 Å². The normalized spacial score (nSPS) is 10.7. The number of unbranched alkanes of at least 4 members (excludes halogenated alkanes) is 2. The minimum Gasteiger partial charge on any atom is -0.379 e. The fraction of sp³-hybridized carbons (Fsp3) is 0.409. The molecule has 1 amide bonds. The third kappa shape index (κ3) is 6.37. The van der Waals surface area contributed by atoms with E-state index >= 15 is 0 Å². The van der Waals surface area contributed by atoms with Crippen LogP contribution >= 0.6 is 0 Å². The van der Waals surface area contributed by atoms with E-state index < -0.39 is 4.92 Å². The minimum atomic E-state index is -0.441. The van der Waals surface area contributed by atoms with Crippen LogP contribution in [0.2, 0.25) is 0 Å². The van der Waals surface area contributed by atoms with Crippen molar-refractivity contribution in [1.29, 1.82) is 0 Å². The molecule has 2 N–H and O–H groups in total. The molecule has 0 fully saturated rings. The van der Waals surface area contributed by atoms with Gasteiger partial charge in [-0.1, -0.05) is 45.7 Å². The Morgan fingerprint density at radius 3 is 2.43 bits per heavy atom. The molecule has 0 heterocycles.